The van der Waals surface area contributed by atoms with Crippen molar-refractivity contribution in [3.8, 4) is 0 Å². The predicted molar refractivity (Wildman–Crippen MR) is 131 cm³/mol. The Morgan fingerprint density at radius 3 is 2.68 bits per heavy atom. The Kier molecular flexibility index (Phi) is 6.66. The maximum absolute atomic E-state index is 11.8. The van der Waals surface area contributed by atoms with Crippen molar-refractivity contribution in [1.29, 1.82) is 0 Å². The lowest BCUT2D eigenvalue weighted by atomic mass is 9.96. The number of amides is 1. The summed E-state index contributed by atoms with van der Waals surface area (Å²) in [6.07, 6.45) is 5.52. The second-order valence-electron chi connectivity index (χ2n) is 8.63. The highest BCUT2D eigenvalue weighted by Crippen LogP contribution is 2.31. The van der Waals surface area contributed by atoms with Crippen molar-refractivity contribution in [2.45, 2.75) is 12.8 Å². The molecule has 2 aliphatic rings. The highest BCUT2D eigenvalue weighted by atomic mass is 16.5. The van der Waals surface area contributed by atoms with Crippen LogP contribution in [0.1, 0.15) is 23.3 Å². The third-order valence-corrected chi connectivity index (χ3v) is 6.48. The minimum absolute atomic E-state index is 0.215. The molecule has 10 heteroatoms. The van der Waals surface area contributed by atoms with Gasteiger partial charge in [-0.3, -0.25) is 9.78 Å². The Balaban J connectivity index is 1.25. The van der Waals surface area contributed by atoms with Gasteiger partial charge < -0.3 is 25.2 Å². The molecule has 0 bridgehead atoms. The normalized spacial score (nSPS) is 17.1. The number of fused-ring (bicyclic) bond motifs is 1. The zero-order chi connectivity index (χ0) is 23.3. The van der Waals surface area contributed by atoms with Gasteiger partial charge in [0, 0.05) is 63.6 Å². The summed E-state index contributed by atoms with van der Waals surface area (Å²) in [5.41, 5.74) is 1.34. The summed E-state index contributed by atoms with van der Waals surface area (Å²) in [5, 5.41) is 6.99. The van der Waals surface area contributed by atoms with Crippen molar-refractivity contribution in [2.75, 3.05) is 68.1 Å². The zero-order valence-corrected chi connectivity index (χ0v) is 19.4. The zero-order valence-electron chi connectivity index (χ0n) is 19.4. The van der Waals surface area contributed by atoms with Crippen LogP contribution in [-0.2, 0) is 4.74 Å². The molecule has 3 aromatic rings. The fourth-order valence-electron chi connectivity index (χ4n) is 4.52. The van der Waals surface area contributed by atoms with E-state index >= 15 is 0 Å². The predicted octanol–water partition coefficient (Wildman–Crippen LogP) is 1.94. The molecule has 2 saturated heterocycles. The van der Waals surface area contributed by atoms with Gasteiger partial charge in [-0.05, 0) is 37.0 Å². The maximum atomic E-state index is 11.8. The Labute approximate surface area is 198 Å². The van der Waals surface area contributed by atoms with E-state index in [0.717, 1.165) is 81.3 Å². The summed E-state index contributed by atoms with van der Waals surface area (Å²) >= 11 is 0. The molecule has 2 fully saturated rings. The Morgan fingerprint density at radius 2 is 1.88 bits per heavy atom. The molecule has 178 valence electrons. The van der Waals surface area contributed by atoms with Gasteiger partial charge in [-0.1, -0.05) is 0 Å². The first-order valence-electron chi connectivity index (χ1n) is 11.8. The van der Waals surface area contributed by atoms with E-state index < -0.39 is 0 Å². The van der Waals surface area contributed by atoms with Gasteiger partial charge >= 0.3 is 0 Å². The number of rotatable bonds is 6. The van der Waals surface area contributed by atoms with Crippen LogP contribution in [0.2, 0.25) is 0 Å². The van der Waals surface area contributed by atoms with Gasteiger partial charge in [-0.15, -0.1) is 0 Å². The molecular weight excluding hydrogens is 432 g/mol. The van der Waals surface area contributed by atoms with Gasteiger partial charge in [-0.2, -0.15) is 0 Å². The first-order valence-corrected chi connectivity index (χ1v) is 11.8. The summed E-state index contributed by atoms with van der Waals surface area (Å²) in [4.78, 5) is 34.7. The molecule has 0 spiro atoms. The van der Waals surface area contributed by atoms with Gasteiger partial charge in [0.1, 0.15) is 17.3 Å². The lowest BCUT2D eigenvalue weighted by Gasteiger charge is -2.34. The van der Waals surface area contributed by atoms with Crippen LogP contribution in [-0.4, -0.2) is 78.8 Å². The minimum atomic E-state index is -0.215. The van der Waals surface area contributed by atoms with Crippen LogP contribution in [0.5, 0.6) is 0 Å². The van der Waals surface area contributed by atoms with Crippen molar-refractivity contribution in [3.05, 3.63) is 42.4 Å². The fraction of sp³-hybridized carbons (Fsp3) is 0.458. The van der Waals surface area contributed by atoms with E-state index in [2.05, 4.69) is 47.5 Å². The van der Waals surface area contributed by atoms with Gasteiger partial charge in [0.2, 0.25) is 5.95 Å². The van der Waals surface area contributed by atoms with Crippen molar-refractivity contribution in [1.82, 2.24) is 25.3 Å². The summed E-state index contributed by atoms with van der Waals surface area (Å²) in [6.45, 7) is 5.78. The van der Waals surface area contributed by atoms with E-state index in [9.17, 15) is 4.79 Å². The Bertz CT molecular complexity index is 1140. The highest BCUT2D eigenvalue weighted by molar-refractivity contribution is 5.92. The Hall–Kier alpha value is -3.53. The van der Waals surface area contributed by atoms with Gasteiger partial charge in [0.05, 0.1) is 18.7 Å². The molecule has 0 aromatic carbocycles. The van der Waals surface area contributed by atoms with Crippen molar-refractivity contribution in [3.63, 3.8) is 0 Å². The highest BCUT2D eigenvalue weighted by Gasteiger charge is 2.24. The van der Waals surface area contributed by atoms with Crippen molar-refractivity contribution in [2.24, 2.45) is 5.92 Å². The standard InChI is InChI=1S/C24H30N8O2/c1-25-23(33)19-4-8-27-24(29-19)28-16-17-5-9-32(10-6-17)22-18-3-2-7-26-20(18)15-21(30-22)31-11-13-34-14-12-31/h2-4,7-8,15,17H,5-6,9-14,16H2,1H3,(H,25,33)(H,27,28,29). The van der Waals surface area contributed by atoms with Gasteiger partial charge in [-0.25, -0.2) is 15.0 Å². The third-order valence-electron chi connectivity index (χ3n) is 6.48. The molecule has 2 N–H and O–H groups in total. The number of carbonyl (C=O) groups excluding carboxylic acids is 1. The molecule has 1 amide bonds. The molecule has 0 aliphatic carbocycles. The number of anilines is 3. The van der Waals surface area contributed by atoms with Crippen molar-refractivity contribution < 1.29 is 9.53 Å². The molecule has 0 unspecified atom stereocenters. The first kappa shape index (κ1) is 22.3. The number of nitrogens with zero attached hydrogens (tertiary/aromatic N) is 6. The van der Waals surface area contributed by atoms with Crippen LogP contribution in [0.15, 0.2) is 36.7 Å². The van der Waals surface area contributed by atoms with Crippen LogP contribution in [0, 0.1) is 5.92 Å². The average Bonchev–Trinajstić information content (AvgIpc) is 2.92. The molecule has 0 radical (unpaired) electrons. The van der Waals surface area contributed by atoms with E-state index in [1.165, 1.54) is 0 Å². The number of piperidine rings is 1. The van der Waals surface area contributed by atoms with E-state index in [0.29, 0.717) is 17.6 Å². The van der Waals surface area contributed by atoms with E-state index in [1.807, 2.05) is 12.3 Å². The lowest BCUT2D eigenvalue weighted by molar-refractivity contribution is 0.0958. The number of hydrogen-bond donors (Lipinski definition) is 2. The molecule has 5 heterocycles. The van der Waals surface area contributed by atoms with Crippen molar-refractivity contribution >= 4 is 34.4 Å². The van der Waals surface area contributed by atoms with Crippen LogP contribution in [0.4, 0.5) is 17.6 Å². The summed E-state index contributed by atoms with van der Waals surface area (Å²) < 4.78 is 5.52. The summed E-state index contributed by atoms with van der Waals surface area (Å²) in [7, 11) is 1.59. The third kappa shape index (κ3) is 4.86. The largest absolute Gasteiger partial charge is 0.378 e. The number of carbonyl (C=O) groups is 1. The second-order valence-corrected chi connectivity index (χ2v) is 8.63. The smallest absolute Gasteiger partial charge is 0.269 e. The maximum Gasteiger partial charge on any atom is 0.269 e. The number of nitrogens with one attached hydrogen (secondary N) is 2. The first-order chi connectivity index (χ1) is 16.7. The number of hydrogen-bond acceptors (Lipinski definition) is 9. The number of aromatic nitrogens is 4. The molecule has 0 atom stereocenters. The number of ether oxygens (including phenoxy) is 1. The second kappa shape index (κ2) is 10.2. The molecule has 5 rings (SSSR count). The topological polar surface area (TPSA) is 108 Å². The van der Waals surface area contributed by atoms with Crippen LogP contribution in [0.25, 0.3) is 10.9 Å². The summed E-state index contributed by atoms with van der Waals surface area (Å²) in [5.74, 6) is 2.75. The van der Waals surface area contributed by atoms with Gasteiger partial charge in [0.25, 0.3) is 5.91 Å². The van der Waals surface area contributed by atoms with Gasteiger partial charge in [0.15, 0.2) is 0 Å². The molecule has 3 aromatic heterocycles. The lowest BCUT2D eigenvalue weighted by Crippen LogP contribution is -2.38. The minimum Gasteiger partial charge on any atom is -0.378 e. The number of pyridine rings is 2. The molecule has 2 aliphatic heterocycles. The molecule has 34 heavy (non-hydrogen) atoms. The van der Waals surface area contributed by atoms with E-state index in [-0.39, 0.29) is 5.91 Å². The Morgan fingerprint density at radius 1 is 1.06 bits per heavy atom. The average molecular weight is 463 g/mol. The summed E-state index contributed by atoms with van der Waals surface area (Å²) in [6, 6.07) is 7.79. The van der Waals surface area contributed by atoms with Crippen LogP contribution in [0.3, 0.4) is 0 Å². The molecular formula is C24H30N8O2. The van der Waals surface area contributed by atoms with E-state index in [4.69, 9.17) is 9.72 Å². The number of morpholine rings is 1. The van der Waals surface area contributed by atoms with E-state index in [1.54, 1.807) is 19.3 Å². The SMILES string of the molecule is CNC(=O)c1ccnc(NCC2CCN(c3nc(N4CCOCC4)cc4ncccc34)CC2)n1. The van der Waals surface area contributed by atoms with Crippen LogP contribution >= 0.6 is 0 Å². The monoisotopic (exact) mass is 462 g/mol. The quantitative estimate of drug-likeness (QED) is 0.568. The molecule has 10 nitrogen and oxygen atoms in total. The molecule has 0 saturated carbocycles. The van der Waals surface area contributed by atoms with Crippen LogP contribution < -0.4 is 20.4 Å². The fourth-order valence-corrected chi connectivity index (χ4v) is 4.52.